The number of hydrogen-bond acceptors (Lipinski definition) is 9. The molecular formula is C37H46F3N3O7. The largest absolute Gasteiger partial charge is 0.508 e. The van der Waals surface area contributed by atoms with E-state index >= 15 is 13.2 Å². The Balaban J connectivity index is 1.31. The Morgan fingerprint density at radius 3 is 2.26 bits per heavy atom. The number of fused-ring (bicyclic) bond motifs is 5. The van der Waals surface area contributed by atoms with Crippen molar-refractivity contribution in [2.45, 2.75) is 83.2 Å². The normalized spacial score (nSPS) is 33.3. The van der Waals surface area contributed by atoms with E-state index in [2.05, 4.69) is 18.7 Å². The van der Waals surface area contributed by atoms with Crippen LogP contribution in [0.5, 0.6) is 5.75 Å². The number of Topliss-reactive ketones (excluding diaryl/α,β-unsaturated/α-hetero) is 2. The average Bonchev–Trinajstić information content (AvgIpc) is 3.81. The highest BCUT2D eigenvalue weighted by atomic mass is 19.4. The summed E-state index contributed by atoms with van der Waals surface area (Å²) in [5.41, 5.74) is -0.731. The van der Waals surface area contributed by atoms with Gasteiger partial charge in [0.25, 0.3) is 5.91 Å². The van der Waals surface area contributed by atoms with Crippen LogP contribution in [0.4, 0.5) is 13.2 Å². The number of likely N-dealkylation sites (N-methyl/N-ethyl adjacent to an activating group) is 1. The van der Waals surface area contributed by atoms with E-state index in [9.17, 15) is 34.8 Å². The van der Waals surface area contributed by atoms with Crippen molar-refractivity contribution in [2.24, 2.45) is 46.7 Å². The van der Waals surface area contributed by atoms with E-state index in [0.717, 1.165) is 38.2 Å². The van der Waals surface area contributed by atoms with Crippen molar-refractivity contribution in [2.75, 3.05) is 27.2 Å². The first-order valence-electron chi connectivity index (χ1n) is 17.6. The van der Waals surface area contributed by atoms with Gasteiger partial charge in [0.05, 0.1) is 17.2 Å². The molecule has 7 aliphatic carbocycles. The SMILES string of the molecule is CN(C)[C@@H]1C(=O)C(C(N)=O)=C(O)[C@@]2(O)C(=O)C3=C(O)c4c(O)cc(CN(CC5CC5)C[C@H]5CCC6CC5C6(C)C)c(C(F)(F)F)c4C[C@H]3C[C@@H]12. The van der Waals surface area contributed by atoms with Crippen LogP contribution in [0.25, 0.3) is 5.76 Å². The average molecular weight is 702 g/mol. The van der Waals surface area contributed by atoms with Crippen LogP contribution in [0.15, 0.2) is 23.0 Å². The fraction of sp³-hybridized carbons (Fsp3) is 0.649. The van der Waals surface area contributed by atoms with Crippen molar-refractivity contribution in [3.8, 4) is 5.75 Å². The van der Waals surface area contributed by atoms with Gasteiger partial charge in [0.2, 0.25) is 5.78 Å². The Labute approximate surface area is 288 Å². The van der Waals surface area contributed by atoms with E-state index in [1.165, 1.54) is 19.0 Å². The standard InChI is InChI=1S/C37H46F3N3O7/c1-35(2)20-8-7-17(22(35)12-20)14-43(13-16-5-6-16)15-19-11-24(44)26-21(28(19)37(38,39)40)9-18-10-23-29(42(3)4)31(46)27(34(41)49)33(48)36(23,50)32(47)25(18)30(26)45/h11,16-18,20,22-23,29,44-45,48,50H,5-10,12-15H2,1-4H3,(H2,41,49)/t17-,18+,20?,22?,23+,29+,36+/m1/s1. The van der Waals surface area contributed by atoms with Gasteiger partial charge in [0.15, 0.2) is 11.4 Å². The van der Waals surface area contributed by atoms with Crippen molar-refractivity contribution < 1.29 is 48.0 Å². The number of benzene rings is 1. The van der Waals surface area contributed by atoms with Crippen LogP contribution in [0.3, 0.4) is 0 Å². The molecule has 13 heteroatoms. The van der Waals surface area contributed by atoms with Gasteiger partial charge in [-0.2, -0.15) is 13.2 Å². The zero-order valence-electron chi connectivity index (χ0n) is 28.8. The molecule has 0 radical (unpaired) electrons. The molecule has 10 nitrogen and oxygen atoms in total. The summed E-state index contributed by atoms with van der Waals surface area (Å²) in [6.45, 7) is 5.84. The van der Waals surface area contributed by atoms with E-state index in [1.54, 1.807) is 0 Å². The third-order valence-corrected chi connectivity index (χ3v) is 13.2. The highest BCUT2D eigenvalue weighted by Gasteiger charge is 2.64. The van der Waals surface area contributed by atoms with E-state index in [1.807, 2.05) is 0 Å². The summed E-state index contributed by atoms with van der Waals surface area (Å²) in [7, 11) is 2.93. The molecule has 2 unspecified atom stereocenters. The number of ketones is 2. The monoisotopic (exact) mass is 701 g/mol. The van der Waals surface area contributed by atoms with Crippen LogP contribution in [0, 0.1) is 40.9 Å². The number of phenols is 1. The van der Waals surface area contributed by atoms with Crippen LogP contribution in [0.2, 0.25) is 0 Å². The Hall–Kier alpha value is -3.42. The maximum atomic E-state index is 15.2. The first-order chi connectivity index (χ1) is 23.3. The van der Waals surface area contributed by atoms with Gasteiger partial charge in [-0.3, -0.25) is 24.2 Å². The number of primary amides is 1. The molecule has 0 aromatic heterocycles. The number of rotatable bonds is 8. The minimum Gasteiger partial charge on any atom is -0.508 e. The van der Waals surface area contributed by atoms with Crippen LogP contribution >= 0.6 is 0 Å². The Morgan fingerprint density at radius 1 is 1.02 bits per heavy atom. The zero-order chi connectivity index (χ0) is 36.4. The predicted octanol–water partition coefficient (Wildman–Crippen LogP) is 4.27. The smallest absolute Gasteiger partial charge is 0.417 e. The minimum atomic E-state index is -4.88. The van der Waals surface area contributed by atoms with Gasteiger partial charge in [0.1, 0.15) is 22.8 Å². The minimum absolute atomic E-state index is 0.0473. The van der Waals surface area contributed by atoms with Gasteiger partial charge in [-0.25, -0.2) is 0 Å². The lowest BCUT2D eigenvalue weighted by Gasteiger charge is -2.60. The summed E-state index contributed by atoms with van der Waals surface area (Å²) in [5, 5.41) is 45.7. The number of carbonyl (C=O) groups excluding carboxylic acids is 3. The highest BCUT2D eigenvalue weighted by molar-refractivity contribution is 6.24. The van der Waals surface area contributed by atoms with Gasteiger partial charge >= 0.3 is 6.18 Å². The lowest BCUT2D eigenvalue weighted by Crippen LogP contribution is -2.65. The summed E-state index contributed by atoms with van der Waals surface area (Å²) in [4.78, 5) is 43.2. The van der Waals surface area contributed by atoms with Crippen LogP contribution < -0.4 is 5.73 Å². The molecule has 5 saturated carbocycles. The number of aliphatic hydroxyl groups excluding tert-OH is 2. The van der Waals surface area contributed by atoms with E-state index in [0.29, 0.717) is 36.8 Å². The van der Waals surface area contributed by atoms with Gasteiger partial charge in [0, 0.05) is 31.1 Å². The second-order valence-electron chi connectivity index (χ2n) is 16.6. The van der Waals surface area contributed by atoms with E-state index < -0.39 is 93.1 Å². The molecule has 1 aromatic carbocycles. The zero-order valence-corrected chi connectivity index (χ0v) is 28.8. The van der Waals surface area contributed by atoms with Crippen LogP contribution in [0.1, 0.15) is 74.6 Å². The van der Waals surface area contributed by atoms with Gasteiger partial charge in [-0.15, -0.1) is 0 Å². The molecule has 0 aliphatic heterocycles. The fourth-order valence-electron chi connectivity index (χ4n) is 10.5. The second kappa shape index (κ2) is 11.5. The summed E-state index contributed by atoms with van der Waals surface area (Å²) in [6.07, 6.45) is -0.262. The first kappa shape index (κ1) is 35.0. The molecular weight excluding hydrogens is 655 g/mol. The van der Waals surface area contributed by atoms with Crippen molar-refractivity contribution in [3.63, 3.8) is 0 Å². The summed E-state index contributed by atoms with van der Waals surface area (Å²) in [5.74, 6) is -6.90. The molecule has 2 bridgehead atoms. The van der Waals surface area contributed by atoms with Crippen LogP contribution in [-0.4, -0.2) is 86.5 Å². The third-order valence-electron chi connectivity index (χ3n) is 13.2. The highest BCUT2D eigenvalue weighted by Crippen LogP contribution is 2.61. The number of carbonyl (C=O) groups is 3. The Kier molecular flexibility index (Phi) is 8.08. The Bertz CT molecular complexity index is 1740. The second-order valence-corrected chi connectivity index (χ2v) is 16.6. The Morgan fingerprint density at radius 2 is 1.70 bits per heavy atom. The van der Waals surface area contributed by atoms with Crippen LogP contribution in [-0.2, 0) is 33.5 Å². The molecule has 1 amide bonds. The molecule has 1 aromatic rings. The maximum absolute atomic E-state index is 15.2. The number of nitrogens with zero attached hydrogens (tertiary/aromatic N) is 2. The number of nitrogens with two attached hydrogens (primary N) is 1. The van der Waals surface area contributed by atoms with Crippen molar-refractivity contribution in [1.82, 2.24) is 9.80 Å². The maximum Gasteiger partial charge on any atom is 0.417 e. The van der Waals surface area contributed by atoms with E-state index in [-0.39, 0.29) is 29.5 Å². The number of halogens is 3. The number of hydrogen-bond donors (Lipinski definition) is 5. The molecule has 6 N–H and O–H groups in total. The van der Waals surface area contributed by atoms with Gasteiger partial charge in [-0.1, -0.05) is 13.8 Å². The number of alkyl halides is 3. The van der Waals surface area contributed by atoms with E-state index in [4.69, 9.17) is 5.73 Å². The van der Waals surface area contributed by atoms with Crippen molar-refractivity contribution in [1.29, 1.82) is 0 Å². The number of amides is 1. The molecule has 0 heterocycles. The van der Waals surface area contributed by atoms with Crippen molar-refractivity contribution in [3.05, 3.63) is 45.2 Å². The summed E-state index contributed by atoms with van der Waals surface area (Å²) < 4.78 is 45.7. The topological polar surface area (TPSA) is 165 Å². The van der Waals surface area contributed by atoms with Crippen molar-refractivity contribution >= 4 is 23.2 Å². The molecule has 50 heavy (non-hydrogen) atoms. The number of phenolic OH excluding ortho intramolecular Hbond substituents is 1. The first-order valence-corrected chi connectivity index (χ1v) is 17.6. The molecule has 0 spiro atoms. The molecule has 272 valence electrons. The third kappa shape index (κ3) is 5.12. The molecule has 7 aliphatic rings. The summed E-state index contributed by atoms with van der Waals surface area (Å²) in [6, 6.07) is -0.307. The predicted molar refractivity (Wildman–Crippen MR) is 175 cm³/mol. The number of aliphatic hydroxyl groups is 3. The van der Waals surface area contributed by atoms with Gasteiger partial charge < -0.3 is 26.2 Å². The quantitative estimate of drug-likeness (QED) is 0.249. The lowest BCUT2D eigenvalue weighted by molar-refractivity contribution is -0.153. The molecule has 5 fully saturated rings. The summed E-state index contributed by atoms with van der Waals surface area (Å²) >= 11 is 0. The fourth-order valence-corrected chi connectivity index (χ4v) is 10.5. The lowest BCUT2D eigenvalue weighted by atomic mass is 9.45. The molecule has 0 saturated heterocycles. The molecule has 8 rings (SSSR count). The number of aromatic hydroxyl groups is 1. The molecule has 7 atom stereocenters. The van der Waals surface area contributed by atoms with Gasteiger partial charge in [-0.05, 0) is 111 Å².